The molecule has 0 spiro atoms. The second kappa shape index (κ2) is 6.59. The van der Waals surface area contributed by atoms with E-state index in [2.05, 4.69) is 10.6 Å². The van der Waals surface area contributed by atoms with E-state index in [1.165, 1.54) is 5.56 Å². The molecule has 0 fully saturated rings. The summed E-state index contributed by atoms with van der Waals surface area (Å²) in [4.78, 5) is 24.4. The number of carbonyl (C=O) groups is 2. The minimum atomic E-state index is -0.929. The first-order valence-corrected chi connectivity index (χ1v) is 8.34. The number of ether oxygens (including phenoxy) is 1. The van der Waals surface area contributed by atoms with Gasteiger partial charge in [0.25, 0.3) is 5.91 Å². The largest absolute Gasteiger partial charge is 0.476 e. The van der Waals surface area contributed by atoms with Crippen LogP contribution >= 0.6 is 0 Å². The molecule has 2 N–H and O–H groups in total. The van der Waals surface area contributed by atoms with Gasteiger partial charge in [-0.1, -0.05) is 35.9 Å². The summed E-state index contributed by atoms with van der Waals surface area (Å²) in [6, 6.07) is 13.5. The van der Waals surface area contributed by atoms with Crippen molar-refractivity contribution in [3.63, 3.8) is 0 Å². The zero-order valence-electron chi connectivity index (χ0n) is 14.7. The number of rotatable bonds is 4. The van der Waals surface area contributed by atoms with Gasteiger partial charge in [-0.2, -0.15) is 0 Å². The highest BCUT2D eigenvalue weighted by molar-refractivity contribution is 6.05. The first-order valence-electron chi connectivity index (χ1n) is 8.34. The van der Waals surface area contributed by atoms with Crippen LogP contribution in [0.15, 0.2) is 42.5 Å². The van der Waals surface area contributed by atoms with Gasteiger partial charge in [0.2, 0.25) is 5.91 Å². The Hall–Kier alpha value is -2.82. The van der Waals surface area contributed by atoms with Gasteiger partial charge in [-0.25, -0.2) is 0 Å². The maximum atomic E-state index is 12.3. The van der Waals surface area contributed by atoms with Gasteiger partial charge in [0.05, 0.1) is 5.69 Å². The molecule has 5 heteroatoms. The zero-order chi connectivity index (χ0) is 18.0. The number of carbonyl (C=O) groups excluding carboxylic acids is 2. The lowest BCUT2D eigenvalue weighted by Crippen LogP contribution is -2.45. The standard InChI is InChI=1S/C20H22N2O3/c1-13-7-9-14(10-8-13)11-12-17(23)21-15-5-4-6-16-18(15)22-19(24)20(2,3)25-16/h4-10H,11-12H2,1-3H3,(H,21,23)(H,22,24). The fraction of sp³-hybridized carbons (Fsp3) is 0.300. The molecule has 0 saturated heterocycles. The molecule has 1 heterocycles. The topological polar surface area (TPSA) is 67.4 Å². The third-order valence-corrected chi connectivity index (χ3v) is 4.21. The Bertz CT molecular complexity index is 810. The summed E-state index contributed by atoms with van der Waals surface area (Å²) in [6.45, 7) is 5.45. The quantitative estimate of drug-likeness (QED) is 0.894. The van der Waals surface area contributed by atoms with E-state index in [0.717, 1.165) is 5.56 Å². The normalized spacial score (nSPS) is 14.9. The van der Waals surface area contributed by atoms with Crippen molar-refractivity contribution in [1.82, 2.24) is 0 Å². The van der Waals surface area contributed by atoms with Gasteiger partial charge in [-0.05, 0) is 44.9 Å². The van der Waals surface area contributed by atoms with Crippen molar-refractivity contribution in [2.75, 3.05) is 10.6 Å². The highest BCUT2D eigenvalue weighted by Crippen LogP contribution is 2.38. The molecular weight excluding hydrogens is 316 g/mol. The molecule has 2 aromatic carbocycles. The van der Waals surface area contributed by atoms with Crippen molar-refractivity contribution in [2.45, 2.75) is 39.2 Å². The molecule has 0 aliphatic carbocycles. The van der Waals surface area contributed by atoms with Gasteiger partial charge in [0, 0.05) is 6.42 Å². The number of aryl methyl sites for hydroxylation is 2. The molecule has 0 radical (unpaired) electrons. The summed E-state index contributed by atoms with van der Waals surface area (Å²) >= 11 is 0. The number of fused-ring (bicyclic) bond motifs is 1. The lowest BCUT2D eigenvalue weighted by molar-refractivity contribution is -0.129. The number of benzene rings is 2. The summed E-state index contributed by atoms with van der Waals surface area (Å²) < 4.78 is 5.73. The van der Waals surface area contributed by atoms with Crippen LogP contribution in [0.1, 0.15) is 31.4 Å². The number of amides is 2. The predicted octanol–water partition coefficient (Wildman–Crippen LogP) is 3.68. The Morgan fingerprint density at radius 3 is 2.60 bits per heavy atom. The molecule has 25 heavy (non-hydrogen) atoms. The molecule has 0 unspecified atom stereocenters. The van der Waals surface area contributed by atoms with Crippen LogP contribution in [-0.4, -0.2) is 17.4 Å². The van der Waals surface area contributed by atoms with E-state index in [4.69, 9.17) is 4.74 Å². The Kier molecular flexibility index (Phi) is 4.49. The van der Waals surface area contributed by atoms with Crippen molar-refractivity contribution in [2.24, 2.45) is 0 Å². The fourth-order valence-electron chi connectivity index (χ4n) is 2.66. The molecule has 0 saturated carbocycles. The molecule has 2 aromatic rings. The summed E-state index contributed by atoms with van der Waals surface area (Å²) in [5, 5.41) is 5.69. The van der Waals surface area contributed by atoms with Gasteiger partial charge in [-0.3, -0.25) is 9.59 Å². The highest BCUT2D eigenvalue weighted by atomic mass is 16.5. The first kappa shape index (κ1) is 17.0. The van der Waals surface area contributed by atoms with Crippen molar-refractivity contribution in [3.05, 3.63) is 53.6 Å². The van der Waals surface area contributed by atoms with Crippen LogP contribution in [0, 0.1) is 6.92 Å². The van der Waals surface area contributed by atoms with E-state index in [1.54, 1.807) is 32.0 Å². The van der Waals surface area contributed by atoms with Gasteiger partial charge >= 0.3 is 0 Å². The van der Waals surface area contributed by atoms with Crippen LogP contribution in [0.2, 0.25) is 0 Å². The van der Waals surface area contributed by atoms with Crippen molar-refractivity contribution in [3.8, 4) is 5.75 Å². The van der Waals surface area contributed by atoms with Crippen LogP contribution < -0.4 is 15.4 Å². The number of para-hydroxylation sites is 1. The van der Waals surface area contributed by atoms with Crippen molar-refractivity contribution in [1.29, 1.82) is 0 Å². The minimum Gasteiger partial charge on any atom is -0.476 e. The number of anilines is 2. The van der Waals surface area contributed by atoms with E-state index in [9.17, 15) is 9.59 Å². The second-order valence-corrected chi connectivity index (χ2v) is 6.78. The lowest BCUT2D eigenvalue weighted by atomic mass is 10.1. The maximum Gasteiger partial charge on any atom is 0.268 e. The maximum absolute atomic E-state index is 12.3. The summed E-state index contributed by atoms with van der Waals surface area (Å²) in [5.41, 5.74) is 2.45. The molecular formula is C20H22N2O3. The summed E-state index contributed by atoms with van der Waals surface area (Å²) in [6.07, 6.45) is 1.03. The highest BCUT2D eigenvalue weighted by Gasteiger charge is 2.36. The number of nitrogens with one attached hydrogen (secondary N) is 2. The summed E-state index contributed by atoms with van der Waals surface area (Å²) in [5.74, 6) is 0.218. The fourth-order valence-corrected chi connectivity index (χ4v) is 2.66. The molecule has 5 nitrogen and oxygen atoms in total. The Balaban J connectivity index is 1.68. The second-order valence-electron chi connectivity index (χ2n) is 6.78. The Morgan fingerprint density at radius 1 is 1.16 bits per heavy atom. The van der Waals surface area contributed by atoms with Crippen LogP contribution in [0.25, 0.3) is 0 Å². The van der Waals surface area contributed by atoms with E-state index in [-0.39, 0.29) is 11.8 Å². The van der Waals surface area contributed by atoms with Gasteiger partial charge in [0.1, 0.15) is 11.4 Å². The van der Waals surface area contributed by atoms with E-state index in [0.29, 0.717) is 30.0 Å². The van der Waals surface area contributed by atoms with Crippen molar-refractivity contribution >= 4 is 23.2 Å². The predicted molar refractivity (Wildman–Crippen MR) is 97.9 cm³/mol. The van der Waals surface area contributed by atoms with Crippen LogP contribution in [0.3, 0.4) is 0 Å². The van der Waals surface area contributed by atoms with Crippen LogP contribution in [-0.2, 0) is 16.0 Å². The summed E-state index contributed by atoms with van der Waals surface area (Å²) in [7, 11) is 0. The van der Waals surface area contributed by atoms with Gasteiger partial charge < -0.3 is 15.4 Å². The molecule has 1 aliphatic rings. The smallest absolute Gasteiger partial charge is 0.268 e. The molecule has 1 aliphatic heterocycles. The molecule has 3 rings (SSSR count). The van der Waals surface area contributed by atoms with Gasteiger partial charge in [-0.15, -0.1) is 0 Å². The van der Waals surface area contributed by atoms with Crippen LogP contribution in [0.4, 0.5) is 11.4 Å². The molecule has 130 valence electrons. The van der Waals surface area contributed by atoms with E-state index >= 15 is 0 Å². The van der Waals surface area contributed by atoms with Crippen LogP contribution in [0.5, 0.6) is 5.75 Å². The number of hydrogen-bond acceptors (Lipinski definition) is 3. The number of hydrogen-bond donors (Lipinski definition) is 2. The molecule has 2 amide bonds. The monoisotopic (exact) mass is 338 g/mol. The average molecular weight is 338 g/mol. The third-order valence-electron chi connectivity index (χ3n) is 4.21. The third kappa shape index (κ3) is 3.82. The molecule has 0 aromatic heterocycles. The minimum absolute atomic E-state index is 0.104. The first-order chi connectivity index (χ1) is 11.8. The molecule has 0 atom stereocenters. The van der Waals surface area contributed by atoms with E-state index < -0.39 is 5.60 Å². The Labute approximate surface area is 147 Å². The zero-order valence-corrected chi connectivity index (χ0v) is 14.7. The van der Waals surface area contributed by atoms with Crippen molar-refractivity contribution < 1.29 is 14.3 Å². The SMILES string of the molecule is Cc1ccc(CCC(=O)Nc2cccc3c2NC(=O)C(C)(C)O3)cc1. The molecule has 0 bridgehead atoms. The van der Waals surface area contributed by atoms with E-state index in [1.807, 2.05) is 31.2 Å². The lowest BCUT2D eigenvalue weighted by Gasteiger charge is -2.32. The van der Waals surface area contributed by atoms with Gasteiger partial charge in [0.15, 0.2) is 5.60 Å². The Morgan fingerprint density at radius 2 is 1.88 bits per heavy atom. The average Bonchev–Trinajstić information content (AvgIpc) is 2.56.